The van der Waals surface area contributed by atoms with E-state index in [0.29, 0.717) is 20.6 Å². The van der Waals surface area contributed by atoms with E-state index in [-0.39, 0.29) is 11.9 Å². The second-order valence-electron chi connectivity index (χ2n) is 4.94. The topological polar surface area (TPSA) is 107 Å². The van der Waals surface area contributed by atoms with Gasteiger partial charge in [0.25, 0.3) is 5.91 Å². The first kappa shape index (κ1) is 14.8. The lowest BCUT2D eigenvalue weighted by molar-refractivity contribution is -0.115. The van der Waals surface area contributed by atoms with E-state index in [9.17, 15) is 4.79 Å². The monoisotopic (exact) mass is 355 g/mol. The summed E-state index contributed by atoms with van der Waals surface area (Å²) in [4.78, 5) is 24.4. The Balaban J connectivity index is 1.80. The van der Waals surface area contributed by atoms with Crippen LogP contribution in [0, 0.1) is 0 Å². The normalized spacial score (nSPS) is 16.1. The van der Waals surface area contributed by atoms with Crippen LogP contribution in [0.2, 0.25) is 0 Å². The van der Waals surface area contributed by atoms with Gasteiger partial charge in [0, 0.05) is 47.4 Å². The van der Waals surface area contributed by atoms with Gasteiger partial charge in [0.15, 0.2) is 0 Å². The number of carbonyl (C=O) groups is 1. The van der Waals surface area contributed by atoms with Gasteiger partial charge in [0.05, 0.1) is 4.91 Å². The van der Waals surface area contributed by atoms with Gasteiger partial charge in [-0.25, -0.2) is 9.97 Å². The number of hydrogen-bond acceptors (Lipinski definition) is 8. The van der Waals surface area contributed by atoms with Crippen LogP contribution in [0.4, 0.5) is 5.95 Å². The van der Waals surface area contributed by atoms with Crippen LogP contribution < -0.4 is 11.1 Å². The number of nitrogen functional groups attached to an aromatic ring is 1. The van der Waals surface area contributed by atoms with Crippen LogP contribution in [0.3, 0.4) is 0 Å². The molecule has 0 unspecified atom stereocenters. The van der Waals surface area contributed by atoms with E-state index in [2.05, 4.69) is 20.3 Å². The van der Waals surface area contributed by atoms with Gasteiger partial charge in [-0.15, -0.1) is 0 Å². The fraction of sp³-hybridized carbons (Fsp3) is 0. The summed E-state index contributed by atoms with van der Waals surface area (Å²) in [6.07, 6.45) is 8.23. The Hall–Kier alpha value is -2.78. The first-order valence-electron chi connectivity index (χ1n) is 6.80. The minimum absolute atomic E-state index is 0.198. The zero-order valence-electron chi connectivity index (χ0n) is 12.0. The Labute approximate surface area is 145 Å². The van der Waals surface area contributed by atoms with Gasteiger partial charge >= 0.3 is 0 Å². The van der Waals surface area contributed by atoms with Crippen molar-refractivity contribution in [1.82, 2.24) is 20.3 Å². The van der Waals surface area contributed by atoms with Crippen LogP contribution in [-0.2, 0) is 4.79 Å². The maximum Gasteiger partial charge on any atom is 0.263 e. The summed E-state index contributed by atoms with van der Waals surface area (Å²) in [5.74, 6) is 0.512. The third kappa shape index (κ3) is 2.63. The third-order valence-electron chi connectivity index (χ3n) is 3.34. The second kappa shape index (κ2) is 5.69. The van der Waals surface area contributed by atoms with Crippen molar-refractivity contribution in [2.24, 2.45) is 0 Å². The number of anilines is 1. The summed E-state index contributed by atoms with van der Waals surface area (Å²) in [6, 6.07) is 1.81. The zero-order valence-corrected chi connectivity index (χ0v) is 13.6. The maximum absolute atomic E-state index is 11.8. The summed E-state index contributed by atoms with van der Waals surface area (Å²) >= 11 is 6.18. The molecular weight excluding hydrogens is 346 g/mol. The minimum atomic E-state index is -0.226. The molecule has 1 aliphatic heterocycles. The van der Waals surface area contributed by atoms with Crippen LogP contribution in [0.5, 0.6) is 0 Å². The molecule has 4 heterocycles. The molecule has 0 aromatic carbocycles. The van der Waals surface area contributed by atoms with Crippen molar-refractivity contribution in [3.8, 4) is 11.1 Å². The van der Waals surface area contributed by atoms with Crippen LogP contribution in [0.1, 0.15) is 5.76 Å². The van der Waals surface area contributed by atoms with Crippen LogP contribution in [0.25, 0.3) is 28.2 Å². The number of fused-ring (bicyclic) bond motifs is 1. The van der Waals surface area contributed by atoms with E-state index in [1.807, 2.05) is 6.07 Å². The molecule has 0 bridgehead atoms. The van der Waals surface area contributed by atoms with Gasteiger partial charge in [0.1, 0.15) is 15.7 Å². The molecule has 3 aromatic heterocycles. The molecule has 3 N–H and O–H groups in total. The lowest BCUT2D eigenvalue weighted by Crippen LogP contribution is -2.17. The number of carbonyl (C=O) groups excluding carboxylic acids is 1. The molecule has 1 aliphatic rings. The summed E-state index contributed by atoms with van der Waals surface area (Å²) in [5.41, 5.74) is 7.64. The van der Waals surface area contributed by atoms with Gasteiger partial charge < -0.3 is 15.5 Å². The lowest BCUT2D eigenvalue weighted by atomic mass is 10.1. The highest BCUT2D eigenvalue weighted by atomic mass is 32.2. The number of aromatic nitrogens is 3. The number of nitrogens with zero attached hydrogens (tertiary/aromatic N) is 3. The predicted octanol–water partition coefficient (Wildman–Crippen LogP) is 2.36. The number of rotatable bonds is 2. The minimum Gasteiger partial charge on any atom is -0.456 e. The standard InChI is InChI=1S/C15H9N5O2S2/c16-14-18-4-8(5-19-14)10-6-17-3-7-1-9(22-12(7)10)2-11-13(21)20-15(23)24-11/h1-6H,(H2,16,18,19)(H,20,21,23)/b11-2-. The molecule has 0 radical (unpaired) electrons. The van der Waals surface area contributed by atoms with E-state index in [4.69, 9.17) is 22.4 Å². The highest BCUT2D eigenvalue weighted by Gasteiger charge is 2.22. The summed E-state index contributed by atoms with van der Waals surface area (Å²) in [5, 5.41) is 3.38. The molecule has 0 atom stereocenters. The zero-order chi connectivity index (χ0) is 16.7. The molecule has 24 heavy (non-hydrogen) atoms. The fourth-order valence-electron chi connectivity index (χ4n) is 2.29. The Kier molecular flexibility index (Phi) is 3.51. The largest absolute Gasteiger partial charge is 0.456 e. The number of nitrogens with one attached hydrogen (secondary N) is 1. The first-order valence-corrected chi connectivity index (χ1v) is 8.03. The molecule has 4 rings (SSSR count). The van der Waals surface area contributed by atoms with E-state index < -0.39 is 0 Å². The Morgan fingerprint density at radius 1 is 1.25 bits per heavy atom. The third-order valence-corrected chi connectivity index (χ3v) is 4.50. The predicted molar refractivity (Wildman–Crippen MR) is 95.8 cm³/mol. The van der Waals surface area contributed by atoms with Crippen molar-refractivity contribution >= 4 is 57.2 Å². The lowest BCUT2D eigenvalue weighted by Gasteiger charge is -2.01. The molecule has 3 aromatic rings. The number of pyridine rings is 1. The second-order valence-corrected chi connectivity index (χ2v) is 6.66. The number of hydrogen-bond donors (Lipinski definition) is 2. The van der Waals surface area contributed by atoms with E-state index >= 15 is 0 Å². The highest BCUT2D eigenvalue weighted by Crippen LogP contribution is 2.32. The number of thiocarbonyl (C=S) groups is 1. The van der Waals surface area contributed by atoms with Crippen molar-refractivity contribution < 1.29 is 9.21 Å². The Bertz CT molecular complexity index is 1010. The van der Waals surface area contributed by atoms with Crippen LogP contribution in [-0.4, -0.2) is 25.2 Å². The van der Waals surface area contributed by atoms with Crippen molar-refractivity contribution in [2.45, 2.75) is 0 Å². The SMILES string of the molecule is Nc1ncc(-c2cncc3cc(/C=C4\SC(=S)NC4=O)oc23)cn1. The van der Waals surface area contributed by atoms with Crippen molar-refractivity contribution in [3.63, 3.8) is 0 Å². The number of nitrogens with two attached hydrogens (primary N) is 1. The van der Waals surface area contributed by atoms with Crippen molar-refractivity contribution in [2.75, 3.05) is 5.73 Å². The number of thioether (sulfide) groups is 1. The quantitative estimate of drug-likeness (QED) is 0.533. The number of amides is 1. The average Bonchev–Trinajstić information content (AvgIpc) is 3.10. The van der Waals surface area contributed by atoms with Gasteiger partial charge in [-0.1, -0.05) is 24.0 Å². The van der Waals surface area contributed by atoms with Crippen LogP contribution in [0.15, 0.2) is 40.2 Å². The Morgan fingerprint density at radius 2 is 2.04 bits per heavy atom. The molecule has 1 amide bonds. The Morgan fingerprint density at radius 3 is 2.75 bits per heavy atom. The van der Waals surface area contributed by atoms with Gasteiger partial charge in [-0.2, -0.15) is 0 Å². The van der Waals surface area contributed by atoms with E-state index in [1.165, 1.54) is 11.8 Å². The molecule has 0 aliphatic carbocycles. The number of furan rings is 1. The highest BCUT2D eigenvalue weighted by molar-refractivity contribution is 8.26. The molecule has 1 saturated heterocycles. The average molecular weight is 355 g/mol. The van der Waals surface area contributed by atoms with Crippen LogP contribution >= 0.6 is 24.0 Å². The summed E-state index contributed by atoms with van der Waals surface area (Å²) in [7, 11) is 0. The van der Waals surface area contributed by atoms with E-state index in [1.54, 1.807) is 30.9 Å². The first-order chi connectivity index (χ1) is 11.6. The maximum atomic E-state index is 11.8. The molecule has 7 nitrogen and oxygen atoms in total. The smallest absolute Gasteiger partial charge is 0.263 e. The molecular formula is C15H9N5O2S2. The fourth-order valence-corrected chi connectivity index (χ4v) is 3.31. The van der Waals surface area contributed by atoms with Gasteiger partial charge in [0.2, 0.25) is 5.95 Å². The van der Waals surface area contributed by atoms with Gasteiger partial charge in [-0.05, 0) is 6.07 Å². The molecule has 9 heteroatoms. The van der Waals surface area contributed by atoms with E-state index in [0.717, 1.165) is 16.5 Å². The van der Waals surface area contributed by atoms with Crippen molar-refractivity contribution in [1.29, 1.82) is 0 Å². The van der Waals surface area contributed by atoms with Gasteiger partial charge in [-0.3, -0.25) is 9.78 Å². The summed E-state index contributed by atoms with van der Waals surface area (Å²) in [6.45, 7) is 0. The summed E-state index contributed by atoms with van der Waals surface area (Å²) < 4.78 is 6.32. The molecule has 0 saturated carbocycles. The molecule has 0 spiro atoms. The molecule has 118 valence electrons. The molecule has 1 fully saturated rings. The van der Waals surface area contributed by atoms with Crippen molar-refractivity contribution in [3.05, 3.63) is 41.5 Å².